The second-order valence-electron chi connectivity index (χ2n) is 6.71. The van der Waals surface area contributed by atoms with Gasteiger partial charge in [0.2, 0.25) is 0 Å². The first-order valence-electron chi connectivity index (χ1n) is 10.2. The third-order valence-electron chi connectivity index (χ3n) is 4.30. The molecule has 0 aliphatic carbocycles. The molecule has 7 nitrogen and oxygen atoms in total. The molecule has 1 amide bonds. The number of rotatable bonds is 10. The maximum absolute atomic E-state index is 12.2. The maximum Gasteiger partial charge on any atom is 0.408 e. The van der Waals surface area contributed by atoms with Crippen LogP contribution in [0.1, 0.15) is 12.5 Å². The highest BCUT2D eigenvalue weighted by molar-refractivity contribution is 5.81. The Balaban J connectivity index is 1.53. The zero-order valence-corrected chi connectivity index (χ0v) is 17.7. The third-order valence-corrected chi connectivity index (χ3v) is 4.30. The zero-order valence-electron chi connectivity index (χ0n) is 17.7. The molecular weight excluding hydrogens is 410 g/mol. The average Bonchev–Trinajstić information content (AvgIpc) is 2.83. The quantitative estimate of drug-likeness (QED) is 0.464. The van der Waals surface area contributed by atoms with Crippen LogP contribution in [0.5, 0.6) is 17.2 Å². The first-order chi connectivity index (χ1) is 15.6. The van der Waals surface area contributed by atoms with Gasteiger partial charge >= 0.3 is 12.1 Å². The van der Waals surface area contributed by atoms with E-state index in [4.69, 9.17) is 18.9 Å². The molecule has 0 saturated heterocycles. The van der Waals surface area contributed by atoms with E-state index in [1.54, 1.807) is 31.2 Å². The molecule has 3 rings (SSSR count). The van der Waals surface area contributed by atoms with Gasteiger partial charge in [-0.15, -0.1) is 0 Å². The monoisotopic (exact) mass is 435 g/mol. The summed E-state index contributed by atoms with van der Waals surface area (Å²) in [5.41, 5.74) is 0.837. The fraction of sp³-hybridized carbons (Fsp3) is 0.200. The van der Waals surface area contributed by atoms with Crippen molar-refractivity contribution in [2.24, 2.45) is 0 Å². The van der Waals surface area contributed by atoms with Gasteiger partial charge in [0.25, 0.3) is 0 Å². The largest absolute Gasteiger partial charge is 0.491 e. The highest BCUT2D eigenvalue weighted by Gasteiger charge is 2.24. The highest BCUT2D eigenvalue weighted by Crippen LogP contribution is 2.23. The highest BCUT2D eigenvalue weighted by atomic mass is 16.6. The maximum atomic E-state index is 12.2. The van der Waals surface area contributed by atoms with Crippen molar-refractivity contribution in [3.63, 3.8) is 0 Å². The summed E-state index contributed by atoms with van der Waals surface area (Å²) in [6, 6.07) is 24.6. The summed E-state index contributed by atoms with van der Waals surface area (Å²) in [5, 5.41) is 2.50. The van der Waals surface area contributed by atoms with Crippen LogP contribution in [0.4, 0.5) is 4.79 Å². The Morgan fingerprint density at radius 3 is 2.03 bits per heavy atom. The number of benzene rings is 3. The third kappa shape index (κ3) is 7.36. The summed E-state index contributed by atoms with van der Waals surface area (Å²) in [4.78, 5) is 24.4. The molecule has 1 atom stereocenters. The van der Waals surface area contributed by atoms with Gasteiger partial charge in [-0.25, -0.2) is 9.59 Å². The summed E-state index contributed by atoms with van der Waals surface area (Å²) < 4.78 is 21.6. The van der Waals surface area contributed by atoms with Crippen LogP contribution >= 0.6 is 0 Å². The van der Waals surface area contributed by atoms with Crippen molar-refractivity contribution in [3.8, 4) is 17.2 Å². The number of para-hydroxylation sites is 1. The molecular formula is C25H25NO6. The van der Waals surface area contributed by atoms with Crippen molar-refractivity contribution in [2.45, 2.75) is 19.6 Å². The number of hydrogen-bond acceptors (Lipinski definition) is 6. The van der Waals surface area contributed by atoms with Crippen molar-refractivity contribution in [3.05, 3.63) is 90.5 Å². The summed E-state index contributed by atoms with van der Waals surface area (Å²) in [6.07, 6.45) is -0.734. The van der Waals surface area contributed by atoms with Crippen LogP contribution in [0.25, 0.3) is 0 Å². The summed E-state index contributed by atoms with van der Waals surface area (Å²) in [7, 11) is 0. The lowest BCUT2D eigenvalue weighted by Gasteiger charge is -2.18. The van der Waals surface area contributed by atoms with E-state index in [0.29, 0.717) is 11.5 Å². The summed E-state index contributed by atoms with van der Waals surface area (Å²) in [5.74, 6) is 1.28. The van der Waals surface area contributed by atoms with E-state index < -0.39 is 18.1 Å². The van der Waals surface area contributed by atoms with E-state index in [2.05, 4.69) is 5.32 Å². The first kappa shape index (κ1) is 22.7. The Morgan fingerprint density at radius 1 is 0.781 bits per heavy atom. The van der Waals surface area contributed by atoms with Crippen molar-refractivity contribution >= 4 is 12.1 Å². The van der Waals surface area contributed by atoms with Gasteiger partial charge in [-0.3, -0.25) is 0 Å². The molecule has 0 fully saturated rings. The van der Waals surface area contributed by atoms with Gasteiger partial charge in [-0.05, 0) is 48.9 Å². The van der Waals surface area contributed by atoms with Crippen LogP contribution < -0.4 is 14.8 Å². The lowest BCUT2D eigenvalue weighted by molar-refractivity contribution is -0.146. The van der Waals surface area contributed by atoms with Crippen LogP contribution in [0.2, 0.25) is 0 Å². The first-order valence-corrected chi connectivity index (χ1v) is 10.2. The summed E-state index contributed by atoms with van der Waals surface area (Å²) in [6.45, 7) is 1.85. The van der Waals surface area contributed by atoms with Gasteiger partial charge in [0.1, 0.15) is 30.5 Å². The van der Waals surface area contributed by atoms with Crippen molar-refractivity contribution in [1.29, 1.82) is 0 Å². The number of alkyl carbamates (subject to hydrolysis) is 1. The smallest absolute Gasteiger partial charge is 0.408 e. The molecule has 0 aromatic heterocycles. The van der Waals surface area contributed by atoms with Gasteiger partial charge in [-0.2, -0.15) is 0 Å². The lowest BCUT2D eigenvalue weighted by atomic mass is 10.2. The van der Waals surface area contributed by atoms with Crippen LogP contribution in [0.15, 0.2) is 84.9 Å². The molecule has 1 unspecified atom stereocenters. The van der Waals surface area contributed by atoms with Crippen molar-refractivity contribution < 1.29 is 28.5 Å². The van der Waals surface area contributed by atoms with Gasteiger partial charge in [0, 0.05) is 0 Å². The van der Waals surface area contributed by atoms with Crippen LogP contribution in [-0.2, 0) is 20.9 Å². The minimum Gasteiger partial charge on any atom is -0.491 e. The average molecular weight is 435 g/mol. The van der Waals surface area contributed by atoms with E-state index in [-0.39, 0.29) is 19.8 Å². The molecule has 0 aliphatic rings. The molecule has 0 spiro atoms. The second-order valence-corrected chi connectivity index (χ2v) is 6.71. The van der Waals surface area contributed by atoms with Crippen molar-refractivity contribution in [1.82, 2.24) is 5.32 Å². The number of ether oxygens (including phenoxy) is 4. The normalized spacial score (nSPS) is 11.2. The molecule has 0 heterocycles. The van der Waals surface area contributed by atoms with Gasteiger partial charge in [-0.1, -0.05) is 48.5 Å². The number of nitrogens with one attached hydrogen (secondary N) is 1. The standard InChI is InChI=1S/C25H25NO6/c1-2-29-24(27)23(26-25(28)31-17-19-9-5-3-6-10-19)18-30-20-13-15-22(16-14-20)32-21-11-7-4-8-12-21/h3-16,23H,2,17-18H2,1H3,(H,26,28). The topological polar surface area (TPSA) is 83.1 Å². The Bertz CT molecular complexity index is 976. The molecule has 166 valence electrons. The fourth-order valence-corrected chi connectivity index (χ4v) is 2.73. The molecule has 7 heteroatoms. The van der Waals surface area contributed by atoms with Crippen molar-refractivity contribution in [2.75, 3.05) is 13.2 Å². The Kier molecular flexibility index (Phi) is 8.50. The molecule has 0 aliphatic heterocycles. The predicted octanol–water partition coefficient (Wildman–Crippen LogP) is 4.72. The molecule has 3 aromatic carbocycles. The minimum absolute atomic E-state index is 0.0892. The molecule has 1 N–H and O–H groups in total. The number of carbonyl (C=O) groups excluding carboxylic acids is 2. The zero-order chi connectivity index (χ0) is 22.6. The molecule has 3 aromatic rings. The second kappa shape index (κ2) is 12.0. The number of esters is 1. The fourth-order valence-electron chi connectivity index (χ4n) is 2.73. The van der Waals surface area contributed by atoms with E-state index in [0.717, 1.165) is 11.3 Å². The van der Waals surface area contributed by atoms with E-state index in [1.165, 1.54) is 0 Å². The minimum atomic E-state index is -1.02. The number of amides is 1. The van der Waals surface area contributed by atoms with Crippen LogP contribution in [0, 0.1) is 0 Å². The number of hydrogen-bond donors (Lipinski definition) is 1. The molecule has 0 saturated carbocycles. The van der Waals surface area contributed by atoms with Crippen LogP contribution in [-0.4, -0.2) is 31.3 Å². The Hall–Kier alpha value is -4.00. The molecule has 0 radical (unpaired) electrons. The Labute approximate surface area is 186 Å². The van der Waals surface area contributed by atoms with Gasteiger partial charge in [0.15, 0.2) is 6.04 Å². The van der Waals surface area contributed by atoms with E-state index in [9.17, 15) is 9.59 Å². The van der Waals surface area contributed by atoms with E-state index in [1.807, 2.05) is 60.7 Å². The van der Waals surface area contributed by atoms with Crippen LogP contribution in [0.3, 0.4) is 0 Å². The summed E-state index contributed by atoms with van der Waals surface area (Å²) >= 11 is 0. The predicted molar refractivity (Wildman–Crippen MR) is 119 cm³/mol. The Morgan fingerprint density at radius 2 is 1.38 bits per heavy atom. The van der Waals surface area contributed by atoms with Gasteiger partial charge < -0.3 is 24.3 Å². The SMILES string of the molecule is CCOC(=O)C(COc1ccc(Oc2ccccc2)cc1)NC(=O)OCc1ccccc1. The lowest BCUT2D eigenvalue weighted by Crippen LogP contribution is -2.46. The van der Waals surface area contributed by atoms with Gasteiger partial charge in [0.05, 0.1) is 6.61 Å². The molecule has 32 heavy (non-hydrogen) atoms. The molecule has 0 bridgehead atoms. The van der Waals surface area contributed by atoms with E-state index >= 15 is 0 Å². The number of carbonyl (C=O) groups is 2.